The van der Waals surface area contributed by atoms with Crippen LogP contribution in [0.15, 0.2) is 47.4 Å². The van der Waals surface area contributed by atoms with Gasteiger partial charge >= 0.3 is 0 Å². The first-order valence-electron chi connectivity index (χ1n) is 5.87. The molecule has 1 aromatic carbocycles. The van der Waals surface area contributed by atoms with E-state index in [1.807, 2.05) is 36.5 Å². The predicted octanol–water partition coefficient (Wildman–Crippen LogP) is 1.84. The van der Waals surface area contributed by atoms with Crippen molar-refractivity contribution >= 4 is 16.5 Å². The fraction of sp³-hybridized carbons (Fsp3) is 0.214. The number of nitrogens with zero attached hydrogens (tertiary/aromatic N) is 1. The molecule has 0 amide bonds. The Hall–Kier alpha value is -1.87. The van der Waals surface area contributed by atoms with Gasteiger partial charge in [-0.3, -0.25) is 9.36 Å². The summed E-state index contributed by atoms with van der Waals surface area (Å²) < 4.78 is 1.77. The number of hydrogen-bond donors (Lipinski definition) is 1. The van der Waals surface area contributed by atoms with Gasteiger partial charge in [0.25, 0.3) is 5.56 Å². The molecule has 0 saturated carbocycles. The van der Waals surface area contributed by atoms with Crippen LogP contribution in [0, 0.1) is 0 Å². The van der Waals surface area contributed by atoms with Crippen LogP contribution in [0.25, 0.3) is 16.5 Å². The second-order valence-electron chi connectivity index (χ2n) is 4.23. The van der Waals surface area contributed by atoms with Crippen molar-refractivity contribution in [3.8, 4) is 0 Å². The Morgan fingerprint density at radius 1 is 1.18 bits per heavy atom. The SMILES string of the molecule is O=c1c2ccccc2ccn1C1=CCNCC1. The summed E-state index contributed by atoms with van der Waals surface area (Å²) in [4.78, 5) is 12.3. The Balaban J connectivity index is 2.21. The van der Waals surface area contributed by atoms with Gasteiger partial charge < -0.3 is 5.32 Å². The van der Waals surface area contributed by atoms with Crippen molar-refractivity contribution in [2.45, 2.75) is 6.42 Å². The molecule has 3 rings (SSSR count). The normalized spacial score (nSPS) is 15.9. The molecular weight excluding hydrogens is 212 g/mol. The van der Waals surface area contributed by atoms with E-state index in [4.69, 9.17) is 0 Å². The van der Waals surface area contributed by atoms with E-state index in [-0.39, 0.29) is 5.56 Å². The van der Waals surface area contributed by atoms with E-state index in [9.17, 15) is 4.79 Å². The lowest BCUT2D eigenvalue weighted by Crippen LogP contribution is -2.26. The van der Waals surface area contributed by atoms with Crippen LogP contribution in [-0.2, 0) is 0 Å². The molecule has 3 heteroatoms. The van der Waals surface area contributed by atoms with Crippen LogP contribution < -0.4 is 10.9 Å². The molecule has 2 heterocycles. The van der Waals surface area contributed by atoms with Crippen molar-refractivity contribution in [1.82, 2.24) is 9.88 Å². The Labute approximate surface area is 99.4 Å². The molecule has 1 N–H and O–H groups in total. The molecule has 0 spiro atoms. The Morgan fingerprint density at radius 3 is 2.88 bits per heavy atom. The van der Waals surface area contributed by atoms with Gasteiger partial charge in [-0.1, -0.05) is 24.3 Å². The second-order valence-corrected chi connectivity index (χ2v) is 4.23. The van der Waals surface area contributed by atoms with E-state index in [0.29, 0.717) is 0 Å². The molecule has 0 unspecified atom stereocenters. The Kier molecular flexibility index (Phi) is 2.53. The first-order valence-corrected chi connectivity index (χ1v) is 5.87. The van der Waals surface area contributed by atoms with Gasteiger partial charge in [-0.15, -0.1) is 0 Å². The Bertz CT molecular complexity index is 640. The van der Waals surface area contributed by atoms with Crippen LogP contribution in [-0.4, -0.2) is 17.7 Å². The Morgan fingerprint density at radius 2 is 2.06 bits per heavy atom. The van der Waals surface area contributed by atoms with Crippen LogP contribution in [0.1, 0.15) is 6.42 Å². The third kappa shape index (κ3) is 1.78. The highest BCUT2D eigenvalue weighted by Gasteiger charge is 2.08. The minimum absolute atomic E-state index is 0.0799. The maximum absolute atomic E-state index is 12.3. The predicted molar refractivity (Wildman–Crippen MR) is 70.0 cm³/mol. The van der Waals surface area contributed by atoms with Gasteiger partial charge in [0.05, 0.1) is 0 Å². The van der Waals surface area contributed by atoms with E-state index in [2.05, 4.69) is 11.4 Å². The number of pyridine rings is 1. The number of fused-ring (bicyclic) bond motifs is 1. The van der Waals surface area contributed by atoms with Crippen molar-refractivity contribution in [3.63, 3.8) is 0 Å². The van der Waals surface area contributed by atoms with Gasteiger partial charge in [0.15, 0.2) is 0 Å². The molecule has 3 nitrogen and oxygen atoms in total. The van der Waals surface area contributed by atoms with Gasteiger partial charge in [0.1, 0.15) is 0 Å². The summed E-state index contributed by atoms with van der Waals surface area (Å²) >= 11 is 0. The minimum atomic E-state index is 0.0799. The molecule has 17 heavy (non-hydrogen) atoms. The highest BCUT2D eigenvalue weighted by molar-refractivity contribution is 5.81. The van der Waals surface area contributed by atoms with Crippen LogP contribution in [0.2, 0.25) is 0 Å². The van der Waals surface area contributed by atoms with Gasteiger partial charge in [0.2, 0.25) is 0 Å². The zero-order chi connectivity index (χ0) is 11.7. The van der Waals surface area contributed by atoms with E-state index in [0.717, 1.165) is 36.0 Å². The molecule has 0 atom stereocenters. The molecule has 2 aromatic rings. The van der Waals surface area contributed by atoms with Crippen molar-refractivity contribution in [2.24, 2.45) is 0 Å². The summed E-state index contributed by atoms with van der Waals surface area (Å²) in [5.41, 5.74) is 1.18. The standard InChI is InChI=1S/C14H14N2O/c17-14-13-4-2-1-3-11(13)7-10-16(14)12-5-8-15-9-6-12/h1-5,7,10,15H,6,8-9H2. The van der Waals surface area contributed by atoms with Crippen LogP contribution in [0.5, 0.6) is 0 Å². The number of rotatable bonds is 1. The summed E-state index contributed by atoms with van der Waals surface area (Å²) in [7, 11) is 0. The van der Waals surface area contributed by atoms with Crippen LogP contribution in [0.4, 0.5) is 0 Å². The summed E-state index contributed by atoms with van der Waals surface area (Å²) in [6.07, 6.45) is 4.86. The number of hydrogen-bond acceptors (Lipinski definition) is 2. The molecule has 1 aliphatic rings. The summed E-state index contributed by atoms with van der Waals surface area (Å²) in [5, 5.41) is 5.04. The molecule has 86 valence electrons. The van der Waals surface area contributed by atoms with E-state index in [1.54, 1.807) is 4.57 Å². The largest absolute Gasteiger partial charge is 0.313 e. The van der Waals surface area contributed by atoms with Crippen molar-refractivity contribution in [2.75, 3.05) is 13.1 Å². The van der Waals surface area contributed by atoms with E-state index in [1.165, 1.54) is 0 Å². The monoisotopic (exact) mass is 226 g/mol. The van der Waals surface area contributed by atoms with Gasteiger partial charge in [-0.05, 0) is 17.5 Å². The van der Waals surface area contributed by atoms with Crippen LogP contribution >= 0.6 is 0 Å². The average Bonchev–Trinajstić information content (AvgIpc) is 2.40. The van der Waals surface area contributed by atoms with E-state index >= 15 is 0 Å². The molecule has 0 aliphatic carbocycles. The summed E-state index contributed by atoms with van der Waals surface area (Å²) in [5.74, 6) is 0. The first-order chi connectivity index (χ1) is 8.36. The quantitative estimate of drug-likeness (QED) is 0.805. The zero-order valence-corrected chi connectivity index (χ0v) is 9.52. The molecule has 0 bridgehead atoms. The number of benzene rings is 1. The van der Waals surface area contributed by atoms with Crippen molar-refractivity contribution < 1.29 is 0 Å². The van der Waals surface area contributed by atoms with E-state index < -0.39 is 0 Å². The lowest BCUT2D eigenvalue weighted by Gasteiger charge is -2.16. The third-order valence-electron chi connectivity index (χ3n) is 3.16. The van der Waals surface area contributed by atoms with Gasteiger partial charge in [-0.2, -0.15) is 0 Å². The maximum atomic E-state index is 12.3. The topological polar surface area (TPSA) is 34.0 Å². The lowest BCUT2D eigenvalue weighted by molar-refractivity contribution is 0.714. The fourth-order valence-corrected chi connectivity index (χ4v) is 2.24. The number of aromatic nitrogens is 1. The maximum Gasteiger partial charge on any atom is 0.262 e. The highest BCUT2D eigenvalue weighted by atomic mass is 16.1. The third-order valence-corrected chi connectivity index (χ3v) is 3.16. The number of nitrogens with one attached hydrogen (secondary N) is 1. The first kappa shape index (κ1) is 10.3. The average molecular weight is 226 g/mol. The molecule has 0 saturated heterocycles. The minimum Gasteiger partial charge on any atom is -0.313 e. The summed E-state index contributed by atoms with van der Waals surface area (Å²) in [6, 6.07) is 9.72. The lowest BCUT2D eigenvalue weighted by atomic mass is 10.1. The molecular formula is C14H14N2O. The smallest absolute Gasteiger partial charge is 0.262 e. The van der Waals surface area contributed by atoms with Gasteiger partial charge in [0, 0.05) is 36.8 Å². The van der Waals surface area contributed by atoms with Gasteiger partial charge in [-0.25, -0.2) is 0 Å². The molecule has 0 radical (unpaired) electrons. The fourth-order valence-electron chi connectivity index (χ4n) is 2.24. The summed E-state index contributed by atoms with van der Waals surface area (Å²) in [6.45, 7) is 1.78. The van der Waals surface area contributed by atoms with Crippen molar-refractivity contribution in [1.29, 1.82) is 0 Å². The van der Waals surface area contributed by atoms with Crippen molar-refractivity contribution in [3.05, 3.63) is 53.0 Å². The molecule has 1 aromatic heterocycles. The van der Waals surface area contributed by atoms with Crippen LogP contribution in [0.3, 0.4) is 0 Å². The zero-order valence-electron chi connectivity index (χ0n) is 9.52. The molecule has 0 fully saturated rings. The highest BCUT2D eigenvalue weighted by Crippen LogP contribution is 2.13. The molecule has 1 aliphatic heterocycles. The second kappa shape index (κ2) is 4.18.